The Morgan fingerprint density at radius 1 is 1.40 bits per heavy atom. The summed E-state index contributed by atoms with van der Waals surface area (Å²) in [6.07, 6.45) is 0. The molecule has 0 unspecified atom stereocenters. The molecule has 0 aromatic heterocycles. The third kappa shape index (κ3) is 1.58. The van der Waals surface area contributed by atoms with E-state index in [1.54, 1.807) is 19.1 Å². The standard InChI is InChI=1S/C10H11NO3S/c1-7-3-2-4-9-8(5-14-11)6-15(12,13)10(7)9/h2-4,6H,5,11H2,1H3. The van der Waals surface area contributed by atoms with Crippen molar-refractivity contribution in [2.45, 2.75) is 11.8 Å². The van der Waals surface area contributed by atoms with Crippen molar-refractivity contribution in [3.63, 3.8) is 0 Å². The minimum atomic E-state index is -3.31. The zero-order valence-electron chi connectivity index (χ0n) is 8.23. The minimum absolute atomic E-state index is 0.107. The van der Waals surface area contributed by atoms with Crippen LogP contribution in [0.5, 0.6) is 0 Å². The van der Waals surface area contributed by atoms with Crippen LogP contribution >= 0.6 is 0 Å². The normalized spacial score (nSPS) is 17.3. The van der Waals surface area contributed by atoms with E-state index in [-0.39, 0.29) is 6.61 Å². The predicted molar refractivity (Wildman–Crippen MR) is 56.5 cm³/mol. The molecule has 4 nitrogen and oxygen atoms in total. The average Bonchev–Trinajstić information content (AvgIpc) is 2.40. The molecular formula is C10H11NO3S. The Hall–Kier alpha value is -1.17. The Bertz CT molecular complexity index is 532. The van der Waals surface area contributed by atoms with Crippen LogP contribution < -0.4 is 5.90 Å². The monoisotopic (exact) mass is 225 g/mol. The van der Waals surface area contributed by atoms with E-state index in [0.29, 0.717) is 16.0 Å². The molecule has 80 valence electrons. The first kappa shape index (κ1) is 10.4. The van der Waals surface area contributed by atoms with Crippen LogP contribution in [0, 0.1) is 6.92 Å². The number of benzene rings is 1. The second-order valence-electron chi connectivity index (χ2n) is 3.45. The van der Waals surface area contributed by atoms with Gasteiger partial charge < -0.3 is 0 Å². The molecule has 0 amide bonds. The molecule has 0 saturated carbocycles. The summed E-state index contributed by atoms with van der Waals surface area (Å²) in [5, 5.41) is 1.22. The lowest BCUT2D eigenvalue weighted by Crippen LogP contribution is -2.02. The van der Waals surface area contributed by atoms with Crippen molar-refractivity contribution < 1.29 is 13.3 Å². The highest BCUT2D eigenvalue weighted by molar-refractivity contribution is 7.95. The maximum absolute atomic E-state index is 11.8. The Balaban J connectivity index is 2.68. The summed E-state index contributed by atoms with van der Waals surface area (Å²) in [5.41, 5.74) is 2.05. The molecule has 15 heavy (non-hydrogen) atoms. The fourth-order valence-electron chi connectivity index (χ4n) is 1.79. The molecule has 5 heteroatoms. The molecule has 1 aliphatic heterocycles. The van der Waals surface area contributed by atoms with Gasteiger partial charge in [0, 0.05) is 5.41 Å². The summed E-state index contributed by atoms with van der Waals surface area (Å²) in [7, 11) is -3.31. The van der Waals surface area contributed by atoms with Crippen LogP contribution in [0.15, 0.2) is 28.5 Å². The van der Waals surface area contributed by atoms with Crippen LogP contribution in [0.4, 0.5) is 0 Å². The van der Waals surface area contributed by atoms with Gasteiger partial charge in [0.15, 0.2) is 0 Å². The number of rotatable bonds is 2. The quantitative estimate of drug-likeness (QED) is 0.763. The molecule has 0 fully saturated rings. The third-order valence-corrected chi connectivity index (χ3v) is 4.08. The van der Waals surface area contributed by atoms with Crippen LogP contribution in [0.2, 0.25) is 0 Å². The van der Waals surface area contributed by atoms with Gasteiger partial charge >= 0.3 is 0 Å². The second-order valence-corrected chi connectivity index (χ2v) is 5.18. The van der Waals surface area contributed by atoms with Crippen molar-refractivity contribution in [2.75, 3.05) is 6.61 Å². The van der Waals surface area contributed by atoms with Gasteiger partial charge in [0.05, 0.1) is 11.5 Å². The Kier molecular flexibility index (Phi) is 2.38. The zero-order valence-corrected chi connectivity index (χ0v) is 9.04. The molecule has 2 N–H and O–H groups in total. The van der Waals surface area contributed by atoms with Gasteiger partial charge in [-0.2, -0.15) is 0 Å². The average molecular weight is 225 g/mol. The van der Waals surface area contributed by atoms with Crippen LogP contribution in [0.25, 0.3) is 5.57 Å². The van der Waals surface area contributed by atoms with Crippen LogP contribution in [0.3, 0.4) is 0 Å². The van der Waals surface area contributed by atoms with Crippen molar-refractivity contribution in [1.82, 2.24) is 0 Å². The Morgan fingerprint density at radius 2 is 2.13 bits per heavy atom. The number of hydrogen-bond donors (Lipinski definition) is 1. The fraction of sp³-hybridized carbons (Fsp3) is 0.200. The highest BCUT2D eigenvalue weighted by atomic mass is 32.2. The third-order valence-electron chi connectivity index (χ3n) is 2.38. The molecule has 0 atom stereocenters. The lowest BCUT2D eigenvalue weighted by molar-refractivity contribution is 0.173. The Morgan fingerprint density at radius 3 is 2.80 bits per heavy atom. The predicted octanol–water partition coefficient (Wildman–Crippen LogP) is 1.01. The molecule has 0 spiro atoms. The molecule has 0 aliphatic carbocycles. The van der Waals surface area contributed by atoms with Crippen molar-refractivity contribution >= 4 is 15.4 Å². The largest absolute Gasteiger partial charge is 0.300 e. The first-order valence-electron chi connectivity index (χ1n) is 4.43. The lowest BCUT2D eigenvalue weighted by atomic mass is 10.1. The van der Waals surface area contributed by atoms with E-state index >= 15 is 0 Å². The summed E-state index contributed by atoms with van der Waals surface area (Å²) >= 11 is 0. The van der Waals surface area contributed by atoms with Gasteiger partial charge in [-0.3, -0.25) is 4.84 Å². The minimum Gasteiger partial charge on any atom is -0.300 e. The summed E-state index contributed by atoms with van der Waals surface area (Å²) in [6, 6.07) is 5.35. The van der Waals surface area contributed by atoms with Gasteiger partial charge in [-0.05, 0) is 23.6 Å². The lowest BCUT2D eigenvalue weighted by Gasteiger charge is -2.04. The smallest absolute Gasteiger partial charge is 0.201 e. The van der Waals surface area contributed by atoms with Gasteiger partial charge in [-0.15, -0.1) is 0 Å². The van der Waals surface area contributed by atoms with Crippen LogP contribution in [-0.4, -0.2) is 15.0 Å². The highest BCUT2D eigenvalue weighted by Crippen LogP contribution is 2.35. The summed E-state index contributed by atoms with van der Waals surface area (Å²) in [5.74, 6) is 4.96. The molecule has 1 heterocycles. The fourth-order valence-corrected chi connectivity index (χ4v) is 3.50. The van der Waals surface area contributed by atoms with Crippen molar-refractivity contribution in [1.29, 1.82) is 0 Å². The number of sulfone groups is 1. The molecule has 1 aromatic rings. The Labute approximate surface area is 88.2 Å². The molecule has 0 saturated heterocycles. The summed E-state index contributed by atoms with van der Waals surface area (Å²) < 4.78 is 23.6. The maximum atomic E-state index is 11.8. The molecule has 1 aromatic carbocycles. The van der Waals surface area contributed by atoms with Crippen molar-refractivity contribution in [3.05, 3.63) is 34.7 Å². The van der Waals surface area contributed by atoms with Crippen molar-refractivity contribution in [2.24, 2.45) is 5.90 Å². The van der Waals surface area contributed by atoms with E-state index in [1.807, 2.05) is 6.07 Å². The summed E-state index contributed by atoms with van der Waals surface area (Å²) in [4.78, 5) is 4.86. The molecule has 2 rings (SSSR count). The van der Waals surface area contributed by atoms with Crippen LogP contribution in [-0.2, 0) is 14.7 Å². The zero-order chi connectivity index (χ0) is 11.1. The van der Waals surface area contributed by atoms with E-state index in [4.69, 9.17) is 5.90 Å². The highest BCUT2D eigenvalue weighted by Gasteiger charge is 2.28. The molecule has 0 radical (unpaired) electrons. The van der Waals surface area contributed by atoms with E-state index in [0.717, 1.165) is 5.56 Å². The number of fused-ring (bicyclic) bond motifs is 1. The van der Waals surface area contributed by atoms with Gasteiger partial charge in [-0.25, -0.2) is 14.3 Å². The van der Waals surface area contributed by atoms with E-state index in [2.05, 4.69) is 4.84 Å². The first-order chi connectivity index (χ1) is 7.06. The molecule has 0 bridgehead atoms. The van der Waals surface area contributed by atoms with Gasteiger partial charge in [0.2, 0.25) is 9.84 Å². The SMILES string of the molecule is Cc1cccc2c1S(=O)(=O)C=C2CON. The summed E-state index contributed by atoms with van der Waals surface area (Å²) in [6.45, 7) is 1.88. The number of nitrogens with two attached hydrogens (primary N) is 1. The first-order valence-corrected chi connectivity index (χ1v) is 5.98. The van der Waals surface area contributed by atoms with E-state index < -0.39 is 9.84 Å². The van der Waals surface area contributed by atoms with Gasteiger partial charge in [-0.1, -0.05) is 18.2 Å². The van der Waals surface area contributed by atoms with E-state index in [1.165, 1.54) is 5.41 Å². The van der Waals surface area contributed by atoms with Gasteiger partial charge in [0.25, 0.3) is 0 Å². The number of hydrogen-bond acceptors (Lipinski definition) is 4. The molecule has 1 aliphatic rings. The second kappa shape index (κ2) is 3.44. The van der Waals surface area contributed by atoms with E-state index in [9.17, 15) is 8.42 Å². The van der Waals surface area contributed by atoms with Gasteiger partial charge in [0.1, 0.15) is 0 Å². The number of aryl methyl sites for hydroxylation is 1. The molecular weight excluding hydrogens is 214 g/mol. The van der Waals surface area contributed by atoms with Crippen LogP contribution in [0.1, 0.15) is 11.1 Å². The van der Waals surface area contributed by atoms with Crippen molar-refractivity contribution in [3.8, 4) is 0 Å². The maximum Gasteiger partial charge on any atom is 0.201 e. The topological polar surface area (TPSA) is 69.4 Å².